The van der Waals surface area contributed by atoms with Crippen LogP contribution in [-0.2, 0) is 11.3 Å². The van der Waals surface area contributed by atoms with Crippen molar-refractivity contribution in [2.75, 3.05) is 26.7 Å². The molecule has 2 atom stereocenters. The summed E-state index contributed by atoms with van der Waals surface area (Å²) in [5.41, 5.74) is 0.633. The lowest BCUT2D eigenvalue weighted by Crippen LogP contribution is -2.46. The van der Waals surface area contributed by atoms with Crippen LogP contribution in [0, 0.1) is 17.7 Å². The van der Waals surface area contributed by atoms with Gasteiger partial charge in [-0.3, -0.25) is 9.69 Å². The van der Waals surface area contributed by atoms with Crippen molar-refractivity contribution in [1.29, 1.82) is 0 Å². The van der Waals surface area contributed by atoms with Crippen molar-refractivity contribution >= 4 is 5.91 Å². The first-order valence-electron chi connectivity index (χ1n) is 7.65. The molecule has 4 heteroatoms. The van der Waals surface area contributed by atoms with E-state index in [1.165, 1.54) is 12.5 Å². The number of carbonyl (C=O) groups is 1. The van der Waals surface area contributed by atoms with Crippen LogP contribution >= 0.6 is 0 Å². The van der Waals surface area contributed by atoms with E-state index < -0.39 is 0 Å². The summed E-state index contributed by atoms with van der Waals surface area (Å²) in [4.78, 5) is 16.2. The second-order valence-electron chi connectivity index (χ2n) is 6.51. The number of hydrogen-bond donors (Lipinski definition) is 0. The maximum atomic E-state index is 13.6. The van der Waals surface area contributed by atoms with Crippen molar-refractivity contribution in [3.8, 4) is 0 Å². The summed E-state index contributed by atoms with van der Waals surface area (Å²) in [6, 6.07) is 6.73. The van der Waals surface area contributed by atoms with E-state index in [1.54, 1.807) is 12.1 Å². The third-order valence-corrected chi connectivity index (χ3v) is 4.02. The van der Waals surface area contributed by atoms with Crippen LogP contribution in [0.3, 0.4) is 0 Å². The zero-order chi connectivity index (χ0) is 15.4. The molecule has 1 amide bonds. The van der Waals surface area contributed by atoms with Gasteiger partial charge in [0, 0.05) is 25.2 Å². The second kappa shape index (κ2) is 7.03. The number of likely N-dealkylation sites (N-methyl/N-ethyl adjacent to an activating group) is 1. The number of carbonyl (C=O) groups excluding carboxylic acids is 1. The molecule has 0 spiro atoms. The smallest absolute Gasteiger partial charge is 0.236 e. The minimum absolute atomic E-state index is 0.146. The average Bonchev–Trinajstić information content (AvgIpc) is 2.40. The zero-order valence-electron chi connectivity index (χ0n) is 13.2. The van der Waals surface area contributed by atoms with Crippen molar-refractivity contribution < 1.29 is 9.18 Å². The highest BCUT2D eigenvalue weighted by molar-refractivity contribution is 5.78. The van der Waals surface area contributed by atoms with Crippen molar-refractivity contribution in [3.05, 3.63) is 35.6 Å². The van der Waals surface area contributed by atoms with E-state index in [2.05, 4.69) is 13.8 Å². The lowest BCUT2D eigenvalue weighted by molar-refractivity contribution is -0.134. The van der Waals surface area contributed by atoms with E-state index in [4.69, 9.17) is 0 Å². The number of amides is 1. The Balaban J connectivity index is 1.89. The monoisotopic (exact) mass is 292 g/mol. The van der Waals surface area contributed by atoms with Gasteiger partial charge in [-0.2, -0.15) is 0 Å². The van der Waals surface area contributed by atoms with Gasteiger partial charge < -0.3 is 4.90 Å². The van der Waals surface area contributed by atoms with Crippen LogP contribution in [-0.4, -0.2) is 42.4 Å². The quantitative estimate of drug-likeness (QED) is 0.852. The van der Waals surface area contributed by atoms with Gasteiger partial charge in [0.05, 0.1) is 6.54 Å². The van der Waals surface area contributed by atoms with Gasteiger partial charge in [0.2, 0.25) is 5.91 Å². The Morgan fingerprint density at radius 1 is 1.29 bits per heavy atom. The fourth-order valence-electron chi connectivity index (χ4n) is 3.17. The maximum absolute atomic E-state index is 13.6. The first-order valence-corrected chi connectivity index (χ1v) is 7.65. The molecular formula is C17H25FN2O. The van der Waals surface area contributed by atoms with Gasteiger partial charge in [-0.05, 0) is 31.4 Å². The highest BCUT2D eigenvalue weighted by Gasteiger charge is 2.25. The summed E-state index contributed by atoms with van der Waals surface area (Å²) in [6.07, 6.45) is 1.19. The molecule has 2 unspecified atom stereocenters. The van der Waals surface area contributed by atoms with Crippen LogP contribution in [0.1, 0.15) is 25.8 Å². The van der Waals surface area contributed by atoms with Crippen molar-refractivity contribution in [1.82, 2.24) is 9.80 Å². The molecule has 1 aliphatic rings. The third kappa shape index (κ3) is 4.53. The molecule has 0 saturated carbocycles. The first-order chi connectivity index (χ1) is 9.95. The van der Waals surface area contributed by atoms with Crippen LogP contribution < -0.4 is 0 Å². The summed E-state index contributed by atoms with van der Waals surface area (Å²) in [6.45, 7) is 6.87. The average molecular weight is 292 g/mol. The molecule has 116 valence electrons. The Morgan fingerprint density at radius 3 is 2.52 bits per heavy atom. The Labute approximate surface area is 126 Å². The Morgan fingerprint density at radius 2 is 1.90 bits per heavy atom. The minimum Gasteiger partial charge on any atom is -0.341 e. The number of hydrogen-bond acceptors (Lipinski definition) is 2. The number of halogens is 1. The van der Waals surface area contributed by atoms with Gasteiger partial charge in [-0.15, -0.1) is 0 Å². The molecule has 1 aromatic carbocycles. The fourth-order valence-corrected chi connectivity index (χ4v) is 3.17. The zero-order valence-corrected chi connectivity index (χ0v) is 13.2. The molecule has 2 rings (SSSR count). The second-order valence-corrected chi connectivity index (χ2v) is 6.51. The number of nitrogens with zero attached hydrogens (tertiary/aromatic N) is 2. The van der Waals surface area contributed by atoms with E-state index in [0.717, 1.165) is 13.1 Å². The standard InChI is InChI=1S/C17H25FN2O/c1-13-8-14(2)10-20(9-13)17(21)12-19(3)11-15-6-4-5-7-16(15)18/h4-7,13-14H,8-12H2,1-3H3. The van der Waals surface area contributed by atoms with Crippen molar-refractivity contribution in [2.45, 2.75) is 26.8 Å². The molecule has 1 saturated heterocycles. The number of likely N-dealkylation sites (tertiary alicyclic amines) is 1. The van der Waals surface area contributed by atoms with Crippen LogP contribution in [0.4, 0.5) is 4.39 Å². The van der Waals surface area contributed by atoms with Crippen molar-refractivity contribution in [3.63, 3.8) is 0 Å². The van der Waals surface area contributed by atoms with Gasteiger partial charge in [-0.1, -0.05) is 32.0 Å². The molecular weight excluding hydrogens is 267 g/mol. The molecule has 1 aliphatic heterocycles. The van der Waals surface area contributed by atoms with Gasteiger partial charge in [0.15, 0.2) is 0 Å². The lowest BCUT2D eigenvalue weighted by Gasteiger charge is -2.35. The summed E-state index contributed by atoms with van der Waals surface area (Å²) >= 11 is 0. The normalized spacial score (nSPS) is 22.6. The molecule has 0 aromatic heterocycles. The predicted octanol–water partition coefficient (Wildman–Crippen LogP) is 2.76. The van der Waals surface area contributed by atoms with E-state index in [9.17, 15) is 9.18 Å². The molecule has 1 fully saturated rings. The Hall–Kier alpha value is -1.42. The lowest BCUT2D eigenvalue weighted by atomic mass is 9.92. The molecule has 1 heterocycles. The number of benzene rings is 1. The highest BCUT2D eigenvalue weighted by Crippen LogP contribution is 2.21. The summed E-state index contributed by atoms with van der Waals surface area (Å²) in [5, 5.41) is 0. The van der Waals surface area contributed by atoms with Crippen LogP contribution in [0.25, 0.3) is 0 Å². The number of rotatable bonds is 4. The van der Waals surface area contributed by atoms with Crippen LogP contribution in [0.5, 0.6) is 0 Å². The van der Waals surface area contributed by atoms with Gasteiger partial charge in [0.25, 0.3) is 0 Å². The summed E-state index contributed by atoms with van der Waals surface area (Å²) < 4.78 is 13.6. The van der Waals surface area contributed by atoms with E-state index in [1.807, 2.05) is 22.9 Å². The molecule has 0 aliphatic carbocycles. The van der Waals surface area contributed by atoms with Crippen molar-refractivity contribution in [2.24, 2.45) is 11.8 Å². The predicted molar refractivity (Wildman–Crippen MR) is 82.3 cm³/mol. The number of piperidine rings is 1. The molecule has 1 aromatic rings. The molecule has 0 bridgehead atoms. The van der Waals surface area contributed by atoms with Crippen LogP contribution in [0.2, 0.25) is 0 Å². The first kappa shape index (κ1) is 16.0. The van der Waals surface area contributed by atoms with Gasteiger partial charge in [-0.25, -0.2) is 4.39 Å². The summed E-state index contributed by atoms with van der Waals surface area (Å²) in [7, 11) is 1.86. The topological polar surface area (TPSA) is 23.6 Å². The minimum atomic E-state index is -0.211. The van der Waals surface area contributed by atoms with E-state index in [0.29, 0.717) is 30.5 Å². The van der Waals surface area contributed by atoms with Gasteiger partial charge >= 0.3 is 0 Å². The third-order valence-electron chi connectivity index (χ3n) is 4.02. The Kier molecular flexibility index (Phi) is 5.34. The highest BCUT2D eigenvalue weighted by atomic mass is 19.1. The maximum Gasteiger partial charge on any atom is 0.236 e. The largest absolute Gasteiger partial charge is 0.341 e. The SMILES string of the molecule is CC1CC(C)CN(C(=O)CN(C)Cc2ccccc2F)C1. The van der Waals surface area contributed by atoms with Crippen LogP contribution in [0.15, 0.2) is 24.3 Å². The van der Waals surface area contributed by atoms with E-state index >= 15 is 0 Å². The molecule has 0 N–H and O–H groups in total. The Bertz CT molecular complexity index is 481. The van der Waals surface area contributed by atoms with Gasteiger partial charge in [0.1, 0.15) is 5.82 Å². The molecule has 21 heavy (non-hydrogen) atoms. The van der Waals surface area contributed by atoms with E-state index in [-0.39, 0.29) is 11.7 Å². The molecule has 0 radical (unpaired) electrons. The molecule has 3 nitrogen and oxygen atoms in total. The summed E-state index contributed by atoms with van der Waals surface area (Å²) in [5.74, 6) is 1.06. The fraction of sp³-hybridized carbons (Fsp3) is 0.588.